The second-order valence-corrected chi connectivity index (χ2v) is 8.76. The summed E-state index contributed by atoms with van der Waals surface area (Å²) in [6, 6.07) is -1.87. The van der Waals surface area contributed by atoms with Crippen LogP contribution in [0.5, 0.6) is 11.5 Å². The molecule has 0 aromatic heterocycles. The van der Waals surface area contributed by atoms with Gasteiger partial charge in [-0.2, -0.15) is 74.3 Å². The van der Waals surface area contributed by atoms with E-state index in [1.54, 1.807) is 0 Å². The number of phenolic OH excluding ortho intramolecular Hbond substituents is 1. The Hall–Kier alpha value is -2.54. The standard InChI is InChI=1S/C15H7F17O7S/c16-7(11(18,19)20,12(21,22)23)9(34,8(17,13(24,25)26)14(27,28)29)10(35,15(30,31)32)39-4-1-2-6(5(33)3-4)40(36,37)38/h1-3,33-35H,(H,36,37,38). The molecule has 4 N–H and O–H groups in total. The fraction of sp³-hybridized carbons (Fsp3) is 0.600. The van der Waals surface area contributed by atoms with Crippen LogP contribution in [0, 0.1) is 0 Å². The fourth-order valence-electron chi connectivity index (χ4n) is 3.13. The molecule has 0 aliphatic rings. The molecule has 1 unspecified atom stereocenters. The van der Waals surface area contributed by atoms with Crippen LogP contribution in [0.2, 0.25) is 0 Å². The van der Waals surface area contributed by atoms with Gasteiger partial charge in [-0.1, -0.05) is 0 Å². The first-order valence-corrected chi connectivity index (χ1v) is 10.2. The molecular weight excluding hydrogens is 647 g/mol. The Balaban J connectivity index is 4.59. The van der Waals surface area contributed by atoms with Gasteiger partial charge in [0.05, 0.1) is 0 Å². The fourth-order valence-corrected chi connectivity index (χ4v) is 3.70. The number of alkyl halides is 17. The van der Waals surface area contributed by atoms with Crippen LogP contribution in [0.4, 0.5) is 74.6 Å². The van der Waals surface area contributed by atoms with Gasteiger partial charge >= 0.3 is 48.0 Å². The highest BCUT2D eigenvalue weighted by Crippen LogP contribution is 2.68. The van der Waals surface area contributed by atoms with Crippen molar-refractivity contribution < 1.29 is 108 Å². The molecule has 1 rings (SSSR count). The smallest absolute Gasteiger partial charge is 0.458 e. The number of rotatable bonds is 6. The first-order valence-electron chi connectivity index (χ1n) is 8.75. The van der Waals surface area contributed by atoms with E-state index in [9.17, 15) is 98.4 Å². The summed E-state index contributed by atoms with van der Waals surface area (Å²) in [7, 11) is -5.63. The Bertz CT molecular complexity index is 1150. The summed E-state index contributed by atoms with van der Waals surface area (Å²) in [5.41, 5.74) is -27.1. The van der Waals surface area contributed by atoms with Gasteiger partial charge in [0.15, 0.2) is 0 Å². The molecule has 0 saturated carbocycles. The average Bonchev–Trinajstić information content (AvgIpc) is 2.66. The van der Waals surface area contributed by atoms with Gasteiger partial charge in [0.1, 0.15) is 16.4 Å². The summed E-state index contributed by atoms with van der Waals surface area (Å²) in [5, 5.41) is 28.6. The molecule has 1 aromatic carbocycles. The van der Waals surface area contributed by atoms with Crippen molar-refractivity contribution >= 4 is 10.1 Å². The van der Waals surface area contributed by atoms with Gasteiger partial charge in [0.25, 0.3) is 10.1 Å². The highest BCUT2D eigenvalue weighted by molar-refractivity contribution is 7.86. The SMILES string of the molecule is O=S(=O)(O)c1ccc(OC(O)(C(F)(F)F)C(O)(C(F)(C(F)(F)F)C(F)(F)F)C(F)(C(F)(F)F)C(F)(F)F)cc1O. The summed E-state index contributed by atoms with van der Waals surface area (Å²) in [6.45, 7) is 0. The third kappa shape index (κ3) is 4.82. The molecule has 0 spiro atoms. The third-order valence-corrected chi connectivity index (χ3v) is 5.81. The van der Waals surface area contributed by atoms with Crippen molar-refractivity contribution in [3.05, 3.63) is 18.2 Å². The maximum atomic E-state index is 14.8. The predicted octanol–water partition coefficient (Wildman–Crippen LogP) is 4.67. The lowest BCUT2D eigenvalue weighted by Gasteiger charge is -2.55. The number of phenols is 1. The second-order valence-electron chi connectivity index (χ2n) is 7.37. The Kier molecular flexibility index (Phi) is 8.19. The minimum Gasteiger partial charge on any atom is -0.506 e. The molecule has 0 radical (unpaired) electrons. The van der Waals surface area contributed by atoms with E-state index in [2.05, 4.69) is 4.74 Å². The molecule has 0 amide bonds. The lowest BCUT2D eigenvalue weighted by atomic mass is 9.65. The summed E-state index contributed by atoms with van der Waals surface area (Å²) >= 11 is 0. The molecule has 1 atom stereocenters. The number of halogens is 17. The molecule has 7 nitrogen and oxygen atoms in total. The summed E-state index contributed by atoms with van der Waals surface area (Å²) < 4.78 is 264. The Morgan fingerprint density at radius 2 is 0.925 bits per heavy atom. The number of hydrogen-bond acceptors (Lipinski definition) is 6. The van der Waals surface area contributed by atoms with Crippen molar-refractivity contribution in [3.63, 3.8) is 0 Å². The van der Waals surface area contributed by atoms with Crippen molar-refractivity contribution in [2.75, 3.05) is 0 Å². The summed E-state index contributed by atoms with van der Waals surface area (Å²) in [4.78, 5) is -1.83. The zero-order chi connectivity index (χ0) is 32.6. The zero-order valence-corrected chi connectivity index (χ0v) is 18.4. The molecule has 1 aromatic rings. The normalized spacial score (nSPS) is 17.0. The van der Waals surface area contributed by atoms with Gasteiger partial charge in [0, 0.05) is 6.07 Å². The number of hydrogen-bond donors (Lipinski definition) is 4. The molecule has 234 valence electrons. The van der Waals surface area contributed by atoms with Crippen LogP contribution < -0.4 is 4.74 Å². The van der Waals surface area contributed by atoms with Crippen LogP contribution in [0.15, 0.2) is 23.1 Å². The molecule has 0 saturated heterocycles. The number of benzene rings is 1. The largest absolute Gasteiger partial charge is 0.506 e. The predicted molar refractivity (Wildman–Crippen MR) is 86.4 cm³/mol. The first-order chi connectivity index (χ1) is 17.1. The molecular formula is C15H7F17O7S. The van der Waals surface area contributed by atoms with Crippen LogP contribution in [0.3, 0.4) is 0 Å². The molecule has 40 heavy (non-hydrogen) atoms. The molecule has 0 bridgehead atoms. The van der Waals surface area contributed by atoms with E-state index < -0.39 is 98.3 Å². The maximum Gasteiger partial charge on any atom is 0.458 e. The monoisotopic (exact) mass is 654 g/mol. The van der Waals surface area contributed by atoms with Crippen molar-refractivity contribution in [1.82, 2.24) is 0 Å². The molecule has 0 aliphatic heterocycles. The van der Waals surface area contributed by atoms with Crippen molar-refractivity contribution in [2.45, 2.75) is 58.5 Å². The number of aromatic hydroxyl groups is 1. The van der Waals surface area contributed by atoms with E-state index in [0.29, 0.717) is 0 Å². The van der Waals surface area contributed by atoms with Gasteiger partial charge in [-0.25, -0.2) is 8.78 Å². The van der Waals surface area contributed by atoms with E-state index in [1.165, 1.54) is 0 Å². The van der Waals surface area contributed by atoms with Gasteiger partial charge in [-0.15, -0.1) is 0 Å². The first kappa shape index (κ1) is 35.5. The second kappa shape index (κ2) is 9.23. The van der Waals surface area contributed by atoms with Gasteiger partial charge in [-0.05, 0) is 12.1 Å². The zero-order valence-electron chi connectivity index (χ0n) is 17.6. The lowest BCUT2D eigenvalue weighted by molar-refractivity contribution is -0.522. The molecule has 0 heterocycles. The van der Waals surface area contributed by atoms with Crippen LogP contribution in [0.25, 0.3) is 0 Å². The number of aliphatic hydroxyl groups is 2. The quantitative estimate of drug-likeness (QED) is 0.200. The Morgan fingerprint density at radius 1 is 0.600 bits per heavy atom. The minimum absolute atomic E-state index is 0.428. The highest BCUT2D eigenvalue weighted by atomic mass is 32.2. The Morgan fingerprint density at radius 3 is 1.15 bits per heavy atom. The van der Waals surface area contributed by atoms with Crippen molar-refractivity contribution in [3.8, 4) is 11.5 Å². The number of ether oxygens (including phenoxy) is 1. The highest BCUT2D eigenvalue weighted by Gasteiger charge is 3.02. The van der Waals surface area contributed by atoms with E-state index in [4.69, 9.17) is 4.55 Å². The van der Waals surface area contributed by atoms with Crippen molar-refractivity contribution in [1.29, 1.82) is 0 Å². The average molecular weight is 654 g/mol. The van der Waals surface area contributed by atoms with Gasteiger partial charge < -0.3 is 20.1 Å². The third-order valence-electron chi connectivity index (χ3n) is 4.91. The van der Waals surface area contributed by atoms with E-state index >= 15 is 0 Å². The van der Waals surface area contributed by atoms with E-state index in [1.807, 2.05) is 0 Å². The van der Waals surface area contributed by atoms with Crippen molar-refractivity contribution in [2.24, 2.45) is 0 Å². The summed E-state index contributed by atoms with van der Waals surface area (Å²) in [5.74, 6) is -12.7. The van der Waals surface area contributed by atoms with Gasteiger partial charge in [0.2, 0.25) is 5.60 Å². The van der Waals surface area contributed by atoms with Crippen LogP contribution >= 0.6 is 0 Å². The maximum absolute atomic E-state index is 14.8. The minimum atomic E-state index is -9.08. The molecule has 0 aliphatic carbocycles. The van der Waals surface area contributed by atoms with Gasteiger partial charge in [-0.3, -0.25) is 4.55 Å². The lowest BCUT2D eigenvalue weighted by Crippen LogP contribution is -2.91. The van der Waals surface area contributed by atoms with E-state index in [-0.39, 0.29) is 0 Å². The van der Waals surface area contributed by atoms with Crippen LogP contribution in [-0.4, -0.2) is 81.9 Å². The van der Waals surface area contributed by atoms with Crippen LogP contribution in [-0.2, 0) is 10.1 Å². The molecule has 0 fully saturated rings. The Labute approximate surface area is 207 Å². The van der Waals surface area contributed by atoms with E-state index in [0.717, 1.165) is 0 Å². The molecule has 25 heteroatoms. The topological polar surface area (TPSA) is 124 Å². The summed E-state index contributed by atoms with van der Waals surface area (Å²) in [6.07, 6.45) is -42.6. The van der Waals surface area contributed by atoms with Crippen LogP contribution in [0.1, 0.15) is 0 Å².